The summed E-state index contributed by atoms with van der Waals surface area (Å²) >= 11 is 0. The molecule has 2 unspecified atom stereocenters. The van der Waals surface area contributed by atoms with Crippen molar-refractivity contribution < 1.29 is 9.47 Å². The predicted molar refractivity (Wildman–Crippen MR) is 82.2 cm³/mol. The van der Waals surface area contributed by atoms with E-state index in [1.54, 1.807) is 14.2 Å². The van der Waals surface area contributed by atoms with Gasteiger partial charge in [0.15, 0.2) is 0 Å². The van der Waals surface area contributed by atoms with Crippen LogP contribution in [0.25, 0.3) is 0 Å². The minimum atomic E-state index is -0.0450. The molecule has 2 atom stereocenters. The van der Waals surface area contributed by atoms with Crippen molar-refractivity contribution in [1.29, 1.82) is 0 Å². The van der Waals surface area contributed by atoms with Gasteiger partial charge in [-0.25, -0.2) is 0 Å². The second-order valence-corrected chi connectivity index (χ2v) is 6.44. The Morgan fingerprint density at radius 1 is 1.15 bits per heavy atom. The Labute approximate surface area is 122 Å². The van der Waals surface area contributed by atoms with Crippen LogP contribution in [-0.4, -0.2) is 14.2 Å². The van der Waals surface area contributed by atoms with E-state index in [9.17, 15) is 0 Å². The Balaban J connectivity index is 2.39. The normalized spacial score (nSPS) is 23.1. The molecule has 1 aromatic carbocycles. The van der Waals surface area contributed by atoms with E-state index in [-0.39, 0.29) is 11.5 Å². The summed E-state index contributed by atoms with van der Waals surface area (Å²) in [5.74, 6) is 2.12. The number of benzene rings is 1. The summed E-state index contributed by atoms with van der Waals surface area (Å²) in [7, 11) is 3.38. The second kappa shape index (κ2) is 6.04. The molecular weight excluding hydrogens is 250 g/mol. The number of hydrogen-bond acceptors (Lipinski definition) is 3. The molecule has 112 valence electrons. The lowest BCUT2D eigenvalue weighted by atomic mass is 9.65. The standard InChI is InChI=1S/C17H27NO2/c1-17(2)11-6-5-8-12(17)16(18)15-13(19-3)9-7-10-14(15)20-4/h7,9-10,12,16H,5-6,8,11,18H2,1-4H3. The molecule has 3 nitrogen and oxygen atoms in total. The minimum absolute atomic E-state index is 0.0450. The molecule has 0 radical (unpaired) electrons. The summed E-state index contributed by atoms with van der Waals surface area (Å²) in [6.07, 6.45) is 4.98. The first-order chi connectivity index (χ1) is 9.51. The summed E-state index contributed by atoms with van der Waals surface area (Å²) < 4.78 is 11.0. The highest BCUT2D eigenvalue weighted by Gasteiger charge is 2.38. The minimum Gasteiger partial charge on any atom is -0.496 e. The van der Waals surface area contributed by atoms with Gasteiger partial charge >= 0.3 is 0 Å². The molecule has 1 saturated carbocycles. The zero-order valence-corrected chi connectivity index (χ0v) is 13.1. The highest BCUT2D eigenvalue weighted by Crippen LogP contribution is 2.48. The Kier molecular flexibility index (Phi) is 4.59. The largest absolute Gasteiger partial charge is 0.496 e. The molecule has 20 heavy (non-hydrogen) atoms. The van der Waals surface area contributed by atoms with Gasteiger partial charge in [-0.2, -0.15) is 0 Å². The fourth-order valence-electron chi connectivity index (χ4n) is 3.60. The third-order valence-corrected chi connectivity index (χ3v) is 4.82. The lowest BCUT2D eigenvalue weighted by Crippen LogP contribution is -2.36. The summed E-state index contributed by atoms with van der Waals surface area (Å²) in [6.45, 7) is 4.66. The molecule has 0 aliphatic heterocycles. The van der Waals surface area contributed by atoms with Gasteiger partial charge in [0.25, 0.3) is 0 Å². The Hall–Kier alpha value is -1.22. The average Bonchev–Trinajstić information content (AvgIpc) is 2.45. The van der Waals surface area contributed by atoms with Crippen LogP contribution in [0, 0.1) is 11.3 Å². The van der Waals surface area contributed by atoms with Crippen molar-refractivity contribution in [3.8, 4) is 11.5 Å². The first-order valence-corrected chi connectivity index (χ1v) is 7.47. The van der Waals surface area contributed by atoms with Crippen LogP contribution in [0.1, 0.15) is 51.1 Å². The number of ether oxygens (including phenoxy) is 2. The molecule has 0 amide bonds. The van der Waals surface area contributed by atoms with Crippen molar-refractivity contribution in [2.24, 2.45) is 17.1 Å². The van der Waals surface area contributed by atoms with Crippen LogP contribution in [0.5, 0.6) is 11.5 Å². The van der Waals surface area contributed by atoms with E-state index in [0.717, 1.165) is 17.1 Å². The number of methoxy groups -OCH3 is 2. The van der Waals surface area contributed by atoms with E-state index < -0.39 is 0 Å². The van der Waals surface area contributed by atoms with Gasteiger partial charge in [-0.1, -0.05) is 32.8 Å². The summed E-state index contributed by atoms with van der Waals surface area (Å²) in [4.78, 5) is 0. The molecule has 2 N–H and O–H groups in total. The molecule has 3 heteroatoms. The van der Waals surface area contributed by atoms with Crippen LogP contribution < -0.4 is 15.2 Å². The zero-order chi connectivity index (χ0) is 14.8. The number of rotatable bonds is 4. The van der Waals surface area contributed by atoms with Crippen molar-refractivity contribution in [3.05, 3.63) is 23.8 Å². The fourth-order valence-corrected chi connectivity index (χ4v) is 3.60. The van der Waals surface area contributed by atoms with Crippen molar-refractivity contribution in [3.63, 3.8) is 0 Å². The maximum Gasteiger partial charge on any atom is 0.127 e. The van der Waals surface area contributed by atoms with Crippen LogP contribution in [-0.2, 0) is 0 Å². The fraction of sp³-hybridized carbons (Fsp3) is 0.647. The van der Waals surface area contributed by atoms with Gasteiger partial charge in [-0.15, -0.1) is 0 Å². The van der Waals surface area contributed by atoms with Crippen molar-refractivity contribution >= 4 is 0 Å². The average molecular weight is 277 g/mol. The van der Waals surface area contributed by atoms with Gasteiger partial charge in [-0.05, 0) is 36.3 Å². The Bertz CT molecular complexity index is 434. The van der Waals surface area contributed by atoms with E-state index in [2.05, 4.69) is 13.8 Å². The van der Waals surface area contributed by atoms with E-state index in [4.69, 9.17) is 15.2 Å². The summed E-state index contributed by atoms with van der Waals surface area (Å²) in [6, 6.07) is 5.83. The number of hydrogen-bond donors (Lipinski definition) is 1. The summed E-state index contributed by atoms with van der Waals surface area (Å²) in [5, 5.41) is 0. The maximum atomic E-state index is 6.64. The van der Waals surface area contributed by atoms with E-state index in [0.29, 0.717) is 5.92 Å². The topological polar surface area (TPSA) is 44.5 Å². The van der Waals surface area contributed by atoms with Gasteiger partial charge in [-0.3, -0.25) is 0 Å². The zero-order valence-electron chi connectivity index (χ0n) is 13.1. The van der Waals surface area contributed by atoms with Crippen molar-refractivity contribution in [2.45, 2.75) is 45.6 Å². The molecule has 1 aliphatic carbocycles. The molecular formula is C17H27NO2. The van der Waals surface area contributed by atoms with Gasteiger partial charge in [0.05, 0.1) is 19.8 Å². The first-order valence-electron chi connectivity index (χ1n) is 7.47. The third-order valence-electron chi connectivity index (χ3n) is 4.82. The summed E-state index contributed by atoms with van der Waals surface area (Å²) in [5.41, 5.74) is 7.92. The van der Waals surface area contributed by atoms with Crippen molar-refractivity contribution in [2.75, 3.05) is 14.2 Å². The third kappa shape index (κ3) is 2.78. The SMILES string of the molecule is COc1cccc(OC)c1C(N)C1CCCCC1(C)C. The highest BCUT2D eigenvalue weighted by molar-refractivity contribution is 5.47. The van der Waals surface area contributed by atoms with Crippen LogP contribution in [0.15, 0.2) is 18.2 Å². The van der Waals surface area contributed by atoms with Crippen LogP contribution in [0.4, 0.5) is 0 Å². The molecule has 2 rings (SSSR count). The van der Waals surface area contributed by atoms with E-state index in [1.165, 1.54) is 25.7 Å². The van der Waals surface area contributed by atoms with Gasteiger partial charge < -0.3 is 15.2 Å². The highest BCUT2D eigenvalue weighted by atomic mass is 16.5. The van der Waals surface area contributed by atoms with Crippen LogP contribution in [0.3, 0.4) is 0 Å². The molecule has 0 heterocycles. The lowest BCUT2D eigenvalue weighted by Gasteiger charge is -2.42. The quantitative estimate of drug-likeness (QED) is 0.907. The monoisotopic (exact) mass is 277 g/mol. The van der Waals surface area contributed by atoms with Gasteiger partial charge in [0.1, 0.15) is 11.5 Å². The molecule has 1 aromatic rings. The van der Waals surface area contributed by atoms with Crippen LogP contribution >= 0.6 is 0 Å². The lowest BCUT2D eigenvalue weighted by molar-refractivity contribution is 0.110. The molecule has 1 aliphatic rings. The molecule has 0 bridgehead atoms. The smallest absolute Gasteiger partial charge is 0.127 e. The first kappa shape index (κ1) is 15.2. The van der Waals surface area contributed by atoms with Crippen molar-refractivity contribution in [1.82, 2.24) is 0 Å². The second-order valence-electron chi connectivity index (χ2n) is 6.44. The van der Waals surface area contributed by atoms with E-state index in [1.807, 2.05) is 18.2 Å². The van der Waals surface area contributed by atoms with Gasteiger partial charge in [0.2, 0.25) is 0 Å². The van der Waals surface area contributed by atoms with E-state index >= 15 is 0 Å². The molecule has 0 aromatic heterocycles. The van der Waals surface area contributed by atoms with Crippen LogP contribution in [0.2, 0.25) is 0 Å². The van der Waals surface area contributed by atoms with Gasteiger partial charge in [0, 0.05) is 6.04 Å². The maximum absolute atomic E-state index is 6.64. The predicted octanol–water partition coefficient (Wildman–Crippen LogP) is 3.92. The Morgan fingerprint density at radius 3 is 2.25 bits per heavy atom. The molecule has 0 saturated heterocycles. The molecule has 0 spiro atoms. The Morgan fingerprint density at radius 2 is 1.75 bits per heavy atom. The molecule has 1 fully saturated rings. The number of nitrogens with two attached hydrogens (primary N) is 1.